The van der Waals surface area contributed by atoms with Crippen LogP contribution >= 0.6 is 22.6 Å². The quantitative estimate of drug-likeness (QED) is 0.832. The van der Waals surface area contributed by atoms with E-state index in [-0.39, 0.29) is 6.04 Å². The van der Waals surface area contributed by atoms with E-state index >= 15 is 0 Å². The van der Waals surface area contributed by atoms with Gasteiger partial charge in [-0.05, 0) is 53.0 Å². The summed E-state index contributed by atoms with van der Waals surface area (Å²) in [5.41, 5.74) is 8.65. The van der Waals surface area contributed by atoms with Gasteiger partial charge in [0.2, 0.25) is 0 Å². The van der Waals surface area contributed by atoms with E-state index in [2.05, 4.69) is 72.7 Å². The molecular weight excluding hydrogens is 349 g/mol. The summed E-state index contributed by atoms with van der Waals surface area (Å²) in [6, 6.07) is 8.93. The zero-order valence-corrected chi connectivity index (χ0v) is 13.8. The lowest BCUT2D eigenvalue weighted by atomic mass is 10.00. The Balaban J connectivity index is 2.20. The number of hydrogen-bond donors (Lipinski definition) is 1. The molecule has 1 unspecified atom stereocenters. The van der Waals surface area contributed by atoms with Gasteiger partial charge in [-0.25, -0.2) is 4.68 Å². The Bertz CT molecular complexity index is 543. The Hall–Kier alpha value is -1.04. The van der Waals surface area contributed by atoms with E-state index in [1.807, 2.05) is 4.68 Å². The normalized spacial score (nSPS) is 12.9. The number of nitrogens with zero attached hydrogens (tertiary/aromatic N) is 2. The van der Waals surface area contributed by atoms with Gasteiger partial charge >= 0.3 is 0 Å². The lowest BCUT2D eigenvalue weighted by molar-refractivity contribution is 0.572. The van der Waals surface area contributed by atoms with Crippen LogP contribution in [0.3, 0.4) is 0 Å². The molecule has 2 N–H and O–H groups in total. The molecule has 4 heteroatoms. The fraction of sp³-hybridized carbons (Fsp3) is 0.400. The highest BCUT2D eigenvalue weighted by Gasteiger charge is 2.13. The van der Waals surface area contributed by atoms with Crippen molar-refractivity contribution in [2.24, 2.45) is 5.92 Å². The summed E-state index contributed by atoms with van der Waals surface area (Å²) in [5, 5.41) is 4.35. The van der Waals surface area contributed by atoms with Gasteiger partial charge in [0.1, 0.15) is 5.82 Å². The van der Waals surface area contributed by atoms with E-state index in [0.29, 0.717) is 5.92 Å². The highest BCUT2D eigenvalue weighted by molar-refractivity contribution is 14.1. The topological polar surface area (TPSA) is 43.8 Å². The molecule has 3 nitrogen and oxygen atoms in total. The zero-order valence-electron chi connectivity index (χ0n) is 11.6. The SMILES string of the molecule is CC(C)Cc1ccc(C(C)n2ncc(I)c2N)cc1. The predicted octanol–water partition coefficient (Wildman–Crippen LogP) is 3.88. The van der Waals surface area contributed by atoms with Gasteiger partial charge in [0.05, 0.1) is 15.8 Å². The minimum absolute atomic E-state index is 0.164. The molecule has 0 spiro atoms. The fourth-order valence-electron chi connectivity index (χ4n) is 2.20. The zero-order chi connectivity index (χ0) is 14.0. The van der Waals surface area contributed by atoms with Gasteiger partial charge in [-0.1, -0.05) is 38.1 Å². The second-order valence-corrected chi connectivity index (χ2v) is 6.50. The Morgan fingerprint density at radius 1 is 1.21 bits per heavy atom. The number of nitrogens with two attached hydrogens (primary N) is 1. The molecule has 0 fully saturated rings. The first kappa shape index (κ1) is 14.4. The van der Waals surface area contributed by atoms with E-state index in [4.69, 9.17) is 5.73 Å². The van der Waals surface area contributed by atoms with Crippen LogP contribution < -0.4 is 5.73 Å². The highest BCUT2D eigenvalue weighted by Crippen LogP contribution is 2.24. The fourth-order valence-corrected chi connectivity index (χ4v) is 2.58. The Labute approximate surface area is 128 Å². The van der Waals surface area contributed by atoms with Crippen molar-refractivity contribution in [3.8, 4) is 0 Å². The summed E-state index contributed by atoms with van der Waals surface area (Å²) in [6.07, 6.45) is 2.93. The van der Waals surface area contributed by atoms with Gasteiger partial charge in [0, 0.05) is 0 Å². The van der Waals surface area contributed by atoms with Gasteiger partial charge < -0.3 is 5.73 Å². The largest absolute Gasteiger partial charge is 0.383 e. The van der Waals surface area contributed by atoms with Crippen molar-refractivity contribution in [1.82, 2.24) is 9.78 Å². The molecule has 0 bridgehead atoms. The van der Waals surface area contributed by atoms with Crippen molar-refractivity contribution in [3.63, 3.8) is 0 Å². The third kappa shape index (κ3) is 3.29. The molecule has 0 aliphatic heterocycles. The molecule has 0 aliphatic rings. The molecule has 1 atom stereocenters. The maximum atomic E-state index is 6.03. The maximum Gasteiger partial charge on any atom is 0.135 e. The standard InChI is InChI=1S/C15H20IN3/c1-10(2)8-12-4-6-13(7-5-12)11(3)19-15(17)14(16)9-18-19/h4-7,9-11H,8,17H2,1-3H3. The van der Waals surface area contributed by atoms with Crippen molar-refractivity contribution >= 4 is 28.4 Å². The summed E-state index contributed by atoms with van der Waals surface area (Å²) in [7, 11) is 0. The van der Waals surface area contributed by atoms with Crippen molar-refractivity contribution in [3.05, 3.63) is 45.2 Å². The summed E-state index contributed by atoms with van der Waals surface area (Å²) in [6.45, 7) is 6.60. The molecule has 0 aliphatic carbocycles. The minimum Gasteiger partial charge on any atom is -0.383 e. The van der Waals surface area contributed by atoms with E-state index in [1.54, 1.807) is 6.20 Å². The molecule has 1 aromatic heterocycles. The molecule has 0 saturated heterocycles. The number of halogens is 1. The smallest absolute Gasteiger partial charge is 0.135 e. The van der Waals surface area contributed by atoms with Gasteiger partial charge in [-0.2, -0.15) is 5.10 Å². The first-order chi connectivity index (χ1) is 8.99. The monoisotopic (exact) mass is 369 g/mol. The van der Waals surface area contributed by atoms with Crippen LogP contribution in [0, 0.1) is 9.49 Å². The second-order valence-electron chi connectivity index (χ2n) is 5.34. The van der Waals surface area contributed by atoms with Gasteiger partial charge in [0.25, 0.3) is 0 Å². The molecule has 1 heterocycles. The number of rotatable bonds is 4. The van der Waals surface area contributed by atoms with Crippen LogP contribution in [0.15, 0.2) is 30.5 Å². The van der Waals surface area contributed by atoms with Crippen LogP contribution in [0.1, 0.15) is 37.9 Å². The predicted molar refractivity (Wildman–Crippen MR) is 88.2 cm³/mol. The van der Waals surface area contributed by atoms with Gasteiger partial charge in [-0.15, -0.1) is 0 Å². The lowest BCUT2D eigenvalue weighted by Crippen LogP contribution is -2.11. The number of nitrogen functional groups attached to an aromatic ring is 1. The molecule has 0 saturated carbocycles. The average Bonchev–Trinajstić information content (AvgIpc) is 2.69. The van der Waals surface area contributed by atoms with Gasteiger partial charge in [0.15, 0.2) is 0 Å². The second kappa shape index (κ2) is 5.94. The highest BCUT2D eigenvalue weighted by atomic mass is 127. The summed E-state index contributed by atoms with van der Waals surface area (Å²) < 4.78 is 2.88. The van der Waals surface area contributed by atoms with Crippen molar-refractivity contribution < 1.29 is 0 Å². The molecule has 102 valence electrons. The molecule has 1 aromatic carbocycles. The van der Waals surface area contributed by atoms with Crippen LogP contribution in [-0.4, -0.2) is 9.78 Å². The number of benzene rings is 1. The Morgan fingerprint density at radius 3 is 2.32 bits per heavy atom. The third-order valence-electron chi connectivity index (χ3n) is 3.26. The molecule has 2 rings (SSSR count). The number of hydrogen-bond acceptors (Lipinski definition) is 2. The Morgan fingerprint density at radius 2 is 1.84 bits per heavy atom. The van der Waals surface area contributed by atoms with Crippen LogP contribution in [0.4, 0.5) is 5.82 Å². The van der Waals surface area contributed by atoms with Crippen LogP contribution in [0.5, 0.6) is 0 Å². The molecule has 0 radical (unpaired) electrons. The van der Waals surface area contributed by atoms with E-state index in [9.17, 15) is 0 Å². The Kier molecular flexibility index (Phi) is 4.50. The first-order valence-electron chi connectivity index (χ1n) is 6.56. The van der Waals surface area contributed by atoms with Crippen LogP contribution in [0.2, 0.25) is 0 Å². The number of aromatic nitrogens is 2. The van der Waals surface area contributed by atoms with Gasteiger partial charge in [-0.3, -0.25) is 0 Å². The number of anilines is 1. The molecule has 2 aromatic rings. The van der Waals surface area contributed by atoms with Crippen molar-refractivity contribution in [2.75, 3.05) is 5.73 Å². The van der Waals surface area contributed by atoms with Crippen LogP contribution in [-0.2, 0) is 6.42 Å². The summed E-state index contributed by atoms with van der Waals surface area (Å²) >= 11 is 2.21. The summed E-state index contributed by atoms with van der Waals surface area (Å²) in [4.78, 5) is 0. The molecule has 0 amide bonds. The minimum atomic E-state index is 0.164. The average molecular weight is 369 g/mol. The molecule has 19 heavy (non-hydrogen) atoms. The summed E-state index contributed by atoms with van der Waals surface area (Å²) in [5.74, 6) is 1.42. The van der Waals surface area contributed by atoms with E-state index in [1.165, 1.54) is 11.1 Å². The molecular formula is C15H20IN3. The van der Waals surface area contributed by atoms with Crippen LogP contribution in [0.25, 0.3) is 0 Å². The lowest BCUT2D eigenvalue weighted by Gasteiger charge is -2.15. The first-order valence-corrected chi connectivity index (χ1v) is 7.64. The van der Waals surface area contributed by atoms with Crippen molar-refractivity contribution in [1.29, 1.82) is 0 Å². The van der Waals surface area contributed by atoms with E-state index in [0.717, 1.165) is 15.8 Å². The maximum absolute atomic E-state index is 6.03. The van der Waals surface area contributed by atoms with Crippen molar-refractivity contribution in [2.45, 2.75) is 33.2 Å². The van der Waals surface area contributed by atoms with E-state index < -0.39 is 0 Å². The third-order valence-corrected chi connectivity index (χ3v) is 4.09.